The number of carbonyl (C=O) groups excluding carboxylic acids is 1. The van der Waals surface area contributed by atoms with Gasteiger partial charge in [0, 0.05) is 30.3 Å². The number of aromatic nitrogens is 1. The number of aliphatic hydroxyl groups is 1. The SMILES string of the molecule is O=C(Nc1ccc(-c2ncco2)cc1)N1CCC2(O)CCCCC2C1. The summed E-state index contributed by atoms with van der Waals surface area (Å²) in [6, 6.07) is 7.34. The Morgan fingerprint density at radius 3 is 2.88 bits per heavy atom. The van der Waals surface area contributed by atoms with E-state index in [0.717, 1.165) is 36.9 Å². The Hall–Kier alpha value is -2.34. The number of hydrogen-bond donors (Lipinski definition) is 2. The van der Waals surface area contributed by atoms with Crippen LogP contribution in [-0.2, 0) is 0 Å². The fourth-order valence-electron chi connectivity index (χ4n) is 4.02. The number of amides is 2. The Balaban J connectivity index is 1.39. The maximum Gasteiger partial charge on any atom is 0.321 e. The predicted molar refractivity (Wildman–Crippen MR) is 94.1 cm³/mol. The van der Waals surface area contributed by atoms with E-state index in [0.29, 0.717) is 25.4 Å². The molecule has 2 atom stereocenters. The van der Waals surface area contributed by atoms with Crippen molar-refractivity contribution < 1.29 is 14.3 Å². The molecule has 6 heteroatoms. The first-order valence-electron chi connectivity index (χ1n) is 8.92. The minimum absolute atomic E-state index is 0.100. The number of urea groups is 1. The van der Waals surface area contributed by atoms with Crippen molar-refractivity contribution in [3.63, 3.8) is 0 Å². The molecule has 1 aliphatic heterocycles. The van der Waals surface area contributed by atoms with Crippen LogP contribution in [0.2, 0.25) is 0 Å². The monoisotopic (exact) mass is 341 g/mol. The molecule has 0 radical (unpaired) electrons. The minimum Gasteiger partial charge on any atom is -0.445 e. The Kier molecular flexibility index (Phi) is 4.21. The van der Waals surface area contributed by atoms with Crippen molar-refractivity contribution in [1.82, 2.24) is 9.88 Å². The third-order valence-electron chi connectivity index (χ3n) is 5.53. The second-order valence-electron chi connectivity index (χ2n) is 7.09. The number of benzene rings is 1. The number of nitrogens with one attached hydrogen (secondary N) is 1. The molecule has 2 fully saturated rings. The van der Waals surface area contributed by atoms with Gasteiger partial charge in [-0.05, 0) is 43.5 Å². The molecule has 1 saturated carbocycles. The third kappa shape index (κ3) is 3.26. The molecule has 2 unspecified atom stereocenters. The van der Waals surface area contributed by atoms with E-state index in [2.05, 4.69) is 10.3 Å². The van der Waals surface area contributed by atoms with Crippen molar-refractivity contribution in [3.05, 3.63) is 36.7 Å². The van der Waals surface area contributed by atoms with E-state index < -0.39 is 5.60 Å². The molecular formula is C19H23N3O3. The van der Waals surface area contributed by atoms with Gasteiger partial charge in [0.2, 0.25) is 5.89 Å². The van der Waals surface area contributed by atoms with Gasteiger partial charge in [0.05, 0.1) is 11.8 Å². The summed E-state index contributed by atoms with van der Waals surface area (Å²) in [6.07, 6.45) is 7.93. The molecule has 2 amide bonds. The van der Waals surface area contributed by atoms with Gasteiger partial charge in [-0.1, -0.05) is 12.8 Å². The van der Waals surface area contributed by atoms with Crippen LogP contribution in [0.5, 0.6) is 0 Å². The normalized spacial score (nSPS) is 26.1. The number of rotatable bonds is 2. The predicted octanol–water partition coefficient (Wildman–Crippen LogP) is 3.50. The van der Waals surface area contributed by atoms with Crippen molar-refractivity contribution in [1.29, 1.82) is 0 Å². The van der Waals surface area contributed by atoms with Gasteiger partial charge < -0.3 is 19.7 Å². The lowest BCUT2D eigenvalue weighted by Gasteiger charge is -2.47. The molecule has 1 aromatic carbocycles. The van der Waals surface area contributed by atoms with E-state index in [4.69, 9.17) is 4.42 Å². The molecule has 4 rings (SSSR count). The van der Waals surface area contributed by atoms with E-state index in [1.807, 2.05) is 29.2 Å². The van der Waals surface area contributed by atoms with Crippen LogP contribution in [0.4, 0.5) is 10.5 Å². The number of piperidine rings is 1. The van der Waals surface area contributed by atoms with Crippen molar-refractivity contribution in [3.8, 4) is 11.5 Å². The van der Waals surface area contributed by atoms with Crippen molar-refractivity contribution in [2.45, 2.75) is 37.7 Å². The quantitative estimate of drug-likeness (QED) is 0.876. The summed E-state index contributed by atoms with van der Waals surface area (Å²) in [6.45, 7) is 1.24. The average Bonchev–Trinajstić information content (AvgIpc) is 3.16. The van der Waals surface area contributed by atoms with E-state index in [-0.39, 0.29) is 11.9 Å². The highest BCUT2D eigenvalue weighted by molar-refractivity contribution is 5.89. The molecule has 6 nitrogen and oxygen atoms in total. The summed E-state index contributed by atoms with van der Waals surface area (Å²) in [4.78, 5) is 18.5. The second kappa shape index (κ2) is 6.52. The molecule has 2 N–H and O–H groups in total. The largest absolute Gasteiger partial charge is 0.445 e. The Morgan fingerprint density at radius 1 is 1.28 bits per heavy atom. The number of hydrogen-bond acceptors (Lipinski definition) is 4. The first-order chi connectivity index (χ1) is 12.1. The van der Waals surface area contributed by atoms with E-state index in [1.165, 1.54) is 6.26 Å². The smallest absolute Gasteiger partial charge is 0.321 e. The van der Waals surface area contributed by atoms with Crippen LogP contribution in [0.3, 0.4) is 0 Å². The Morgan fingerprint density at radius 2 is 2.12 bits per heavy atom. The van der Waals surface area contributed by atoms with Crippen molar-refractivity contribution in [2.24, 2.45) is 5.92 Å². The summed E-state index contributed by atoms with van der Waals surface area (Å²) < 4.78 is 5.27. The number of oxazole rings is 1. The maximum atomic E-state index is 12.6. The Labute approximate surface area is 146 Å². The zero-order valence-electron chi connectivity index (χ0n) is 14.1. The first-order valence-corrected chi connectivity index (χ1v) is 8.92. The lowest BCUT2D eigenvalue weighted by molar-refractivity contribution is -0.0863. The number of fused-ring (bicyclic) bond motifs is 1. The van der Waals surface area contributed by atoms with Crippen molar-refractivity contribution >= 4 is 11.7 Å². The molecule has 1 aliphatic carbocycles. The van der Waals surface area contributed by atoms with Gasteiger partial charge in [0.1, 0.15) is 6.26 Å². The molecule has 2 aliphatic rings. The summed E-state index contributed by atoms with van der Waals surface area (Å²) in [5.74, 6) is 0.763. The average molecular weight is 341 g/mol. The highest BCUT2D eigenvalue weighted by Crippen LogP contribution is 2.39. The van der Waals surface area contributed by atoms with Gasteiger partial charge in [-0.3, -0.25) is 0 Å². The van der Waals surface area contributed by atoms with Crippen LogP contribution in [0.15, 0.2) is 41.1 Å². The molecule has 2 aromatic rings. The lowest BCUT2D eigenvalue weighted by atomic mass is 9.71. The third-order valence-corrected chi connectivity index (χ3v) is 5.53. The van der Waals surface area contributed by atoms with Crippen LogP contribution in [0.25, 0.3) is 11.5 Å². The van der Waals surface area contributed by atoms with Crippen LogP contribution in [0, 0.1) is 5.92 Å². The zero-order chi connectivity index (χ0) is 17.3. The second-order valence-corrected chi connectivity index (χ2v) is 7.09. The number of nitrogens with zero attached hydrogens (tertiary/aromatic N) is 2. The number of carbonyl (C=O) groups is 1. The van der Waals surface area contributed by atoms with Crippen LogP contribution >= 0.6 is 0 Å². The summed E-state index contributed by atoms with van der Waals surface area (Å²) >= 11 is 0. The zero-order valence-corrected chi connectivity index (χ0v) is 14.1. The minimum atomic E-state index is -0.563. The topological polar surface area (TPSA) is 78.6 Å². The van der Waals surface area contributed by atoms with E-state index >= 15 is 0 Å². The first kappa shape index (κ1) is 16.1. The van der Waals surface area contributed by atoms with Crippen LogP contribution in [0.1, 0.15) is 32.1 Å². The van der Waals surface area contributed by atoms with E-state index in [9.17, 15) is 9.90 Å². The maximum absolute atomic E-state index is 12.6. The van der Waals surface area contributed by atoms with Crippen LogP contribution < -0.4 is 5.32 Å². The molecule has 132 valence electrons. The van der Waals surface area contributed by atoms with Gasteiger partial charge in [-0.15, -0.1) is 0 Å². The van der Waals surface area contributed by atoms with Crippen LogP contribution in [-0.4, -0.2) is 39.7 Å². The van der Waals surface area contributed by atoms with Gasteiger partial charge in [-0.2, -0.15) is 0 Å². The molecule has 2 heterocycles. The molecule has 1 saturated heterocycles. The fourth-order valence-corrected chi connectivity index (χ4v) is 4.02. The van der Waals surface area contributed by atoms with Gasteiger partial charge >= 0.3 is 6.03 Å². The van der Waals surface area contributed by atoms with Gasteiger partial charge in [0.25, 0.3) is 0 Å². The Bertz CT molecular complexity index is 729. The molecule has 25 heavy (non-hydrogen) atoms. The standard InChI is InChI=1S/C19H23N3O3/c23-18(22-11-9-19(24)8-2-1-3-15(19)13-22)21-16-6-4-14(5-7-16)17-20-10-12-25-17/h4-7,10,12,15,24H,1-3,8-9,11,13H2,(H,21,23). The lowest BCUT2D eigenvalue weighted by Crippen LogP contribution is -2.55. The molecule has 1 aromatic heterocycles. The highest BCUT2D eigenvalue weighted by Gasteiger charge is 2.43. The van der Waals surface area contributed by atoms with Gasteiger partial charge in [0.15, 0.2) is 0 Å². The number of likely N-dealkylation sites (tertiary alicyclic amines) is 1. The molecular weight excluding hydrogens is 318 g/mol. The fraction of sp³-hybridized carbons (Fsp3) is 0.474. The summed E-state index contributed by atoms with van der Waals surface area (Å²) in [5, 5.41) is 13.7. The van der Waals surface area contributed by atoms with E-state index in [1.54, 1.807) is 6.20 Å². The molecule has 0 bridgehead atoms. The van der Waals surface area contributed by atoms with Gasteiger partial charge in [-0.25, -0.2) is 9.78 Å². The molecule has 0 spiro atoms. The number of anilines is 1. The highest BCUT2D eigenvalue weighted by atomic mass is 16.3. The van der Waals surface area contributed by atoms with Crippen molar-refractivity contribution in [2.75, 3.05) is 18.4 Å². The summed E-state index contributed by atoms with van der Waals surface area (Å²) in [7, 11) is 0. The summed E-state index contributed by atoms with van der Waals surface area (Å²) in [5.41, 5.74) is 1.05.